The maximum absolute atomic E-state index is 12.7. The third-order valence-electron chi connectivity index (χ3n) is 3.77. The largest absolute Gasteiger partial charge is 0.469 e. The van der Waals surface area contributed by atoms with Crippen molar-refractivity contribution in [3.05, 3.63) is 63.2 Å². The molecule has 1 atom stereocenters. The van der Waals surface area contributed by atoms with Crippen LogP contribution in [0.15, 0.2) is 48.5 Å². The summed E-state index contributed by atoms with van der Waals surface area (Å²) in [6.45, 7) is 0. The van der Waals surface area contributed by atoms with Crippen LogP contribution in [-0.4, -0.2) is 19.0 Å². The first-order chi connectivity index (χ1) is 10.6. The quantitative estimate of drug-likeness (QED) is 0.578. The lowest BCUT2D eigenvalue weighted by Gasteiger charge is -2.24. The number of benzene rings is 2. The third-order valence-corrected chi connectivity index (χ3v) is 4.49. The van der Waals surface area contributed by atoms with Gasteiger partial charge >= 0.3 is 5.97 Å². The zero-order chi connectivity index (χ0) is 15.7. The van der Waals surface area contributed by atoms with Crippen molar-refractivity contribution in [2.24, 2.45) is 0 Å². The fourth-order valence-electron chi connectivity index (χ4n) is 2.73. The normalized spacial score (nSPS) is 16.5. The van der Waals surface area contributed by atoms with Crippen molar-refractivity contribution in [1.29, 1.82) is 0 Å². The molecule has 2 aromatic rings. The minimum atomic E-state index is -0.329. The van der Waals surface area contributed by atoms with E-state index in [-0.39, 0.29) is 24.3 Å². The molecule has 1 aliphatic heterocycles. The highest BCUT2D eigenvalue weighted by Gasteiger charge is 2.38. The lowest BCUT2D eigenvalue weighted by molar-refractivity contribution is -0.141. The van der Waals surface area contributed by atoms with Gasteiger partial charge in [-0.25, -0.2) is 0 Å². The summed E-state index contributed by atoms with van der Waals surface area (Å²) < 4.78 is 5.88. The molecule has 0 spiro atoms. The van der Waals surface area contributed by atoms with Gasteiger partial charge in [0.05, 0.1) is 19.6 Å². The number of amides is 1. The zero-order valence-electron chi connectivity index (χ0n) is 12.0. The highest BCUT2D eigenvalue weighted by atomic mass is 127. The van der Waals surface area contributed by atoms with Crippen LogP contribution in [0.1, 0.15) is 28.4 Å². The maximum Gasteiger partial charge on any atom is 0.307 e. The van der Waals surface area contributed by atoms with Crippen molar-refractivity contribution in [1.82, 2.24) is 0 Å². The molecule has 1 aliphatic rings. The molecule has 2 aromatic carbocycles. The molecule has 0 N–H and O–H groups in total. The maximum atomic E-state index is 12.7. The van der Waals surface area contributed by atoms with E-state index in [9.17, 15) is 9.59 Å². The number of anilines is 1. The molecule has 1 amide bonds. The number of carbonyl (C=O) groups excluding carboxylic acids is 2. The molecule has 1 unspecified atom stereocenters. The molecule has 0 saturated heterocycles. The van der Waals surface area contributed by atoms with E-state index < -0.39 is 0 Å². The van der Waals surface area contributed by atoms with Gasteiger partial charge < -0.3 is 9.64 Å². The van der Waals surface area contributed by atoms with Crippen LogP contribution in [0.5, 0.6) is 0 Å². The lowest BCUT2D eigenvalue weighted by Crippen LogP contribution is -2.29. The van der Waals surface area contributed by atoms with E-state index in [0.717, 1.165) is 14.8 Å². The molecular formula is C17H14INO3. The van der Waals surface area contributed by atoms with Crippen molar-refractivity contribution in [2.75, 3.05) is 12.0 Å². The Labute approximate surface area is 142 Å². The van der Waals surface area contributed by atoms with Crippen LogP contribution < -0.4 is 4.90 Å². The van der Waals surface area contributed by atoms with Crippen LogP contribution in [0.3, 0.4) is 0 Å². The number of ether oxygens (including phenoxy) is 1. The second-order valence-corrected chi connectivity index (χ2v) is 6.28. The number of esters is 1. The predicted molar refractivity (Wildman–Crippen MR) is 91.8 cm³/mol. The van der Waals surface area contributed by atoms with E-state index >= 15 is 0 Å². The van der Waals surface area contributed by atoms with Gasteiger partial charge in [-0.3, -0.25) is 9.59 Å². The van der Waals surface area contributed by atoms with Crippen LogP contribution in [0.4, 0.5) is 5.69 Å². The molecule has 4 nitrogen and oxygen atoms in total. The number of fused-ring (bicyclic) bond motifs is 1. The Bertz CT molecular complexity index is 727. The van der Waals surface area contributed by atoms with E-state index in [4.69, 9.17) is 4.74 Å². The molecule has 0 saturated carbocycles. The molecular weight excluding hydrogens is 393 g/mol. The predicted octanol–water partition coefficient (Wildman–Crippen LogP) is 3.56. The highest BCUT2D eigenvalue weighted by Crippen LogP contribution is 2.39. The minimum absolute atomic E-state index is 0.0780. The fourth-order valence-corrected chi connectivity index (χ4v) is 3.09. The number of hydrogen-bond donors (Lipinski definition) is 0. The molecule has 5 heteroatoms. The molecule has 1 heterocycles. The molecule has 0 radical (unpaired) electrons. The monoisotopic (exact) mass is 407 g/mol. The summed E-state index contributed by atoms with van der Waals surface area (Å²) in [5.41, 5.74) is 2.31. The van der Waals surface area contributed by atoms with Gasteiger partial charge in [0.2, 0.25) is 0 Å². The average Bonchev–Trinajstić information content (AvgIpc) is 2.81. The molecule has 3 rings (SSSR count). The van der Waals surface area contributed by atoms with Crippen molar-refractivity contribution in [3.63, 3.8) is 0 Å². The summed E-state index contributed by atoms with van der Waals surface area (Å²) in [6.07, 6.45) is 0.144. The Kier molecular flexibility index (Phi) is 4.15. The molecule has 0 fully saturated rings. The zero-order valence-corrected chi connectivity index (χ0v) is 14.1. The van der Waals surface area contributed by atoms with Gasteiger partial charge in [-0.05, 0) is 58.5 Å². The van der Waals surface area contributed by atoms with Crippen LogP contribution in [-0.2, 0) is 9.53 Å². The van der Waals surface area contributed by atoms with Gasteiger partial charge in [-0.2, -0.15) is 0 Å². The SMILES string of the molecule is COC(=O)CC1c2ccccc2C(=O)N1c1ccc(I)cc1. The van der Waals surface area contributed by atoms with E-state index in [1.54, 1.807) is 11.0 Å². The Morgan fingerprint density at radius 2 is 1.86 bits per heavy atom. The van der Waals surface area contributed by atoms with Gasteiger partial charge in [0.25, 0.3) is 5.91 Å². The Balaban J connectivity index is 2.05. The van der Waals surface area contributed by atoms with E-state index in [0.29, 0.717) is 5.56 Å². The summed E-state index contributed by atoms with van der Waals surface area (Å²) >= 11 is 2.22. The second kappa shape index (κ2) is 6.08. The first-order valence-electron chi connectivity index (χ1n) is 6.86. The minimum Gasteiger partial charge on any atom is -0.469 e. The number of carbonyl (C=O) groups is 2. The second-order valence-electron chi connectivity index (χ2n) is 5.03. The number of rotatable bonds is 3. The average molecular weight is 407 g/mol. The smallest absolute Gasteiger partial charge is 0.307 e. The molecule has 0 aliphatic carbocycles. The molecule has 0 bridgehead atoms. The Morgan fingerprint density at radius 3 is 2.55 bits per heavy atom. The summed E-state index contributed by atoms with van der Waals surface area (Å²) in [5, 5.41) is 0. The topological polar surface area (TPSA) is 46.6 Å². The Hall–Kier alpha value is -1.89. The number of nitrogens with zero attached hydrogens (tertiary/aromatic N) is 1. The van der Waals surface area contributed by atoms with Gasteiger partial charge in [0.1, 0.15) is 0 Å². The van der Waals surface area contributed by atoms with Crippen LogP contribution in [0, 0.1) is 3.57 Å². The van der Waals surface area contributed by atoms with E-state index in [1.807, 2.05) is 42.5 Å². The number of methoxy groups -OCH3 is 1. The van der Waals surface area contributed by atoms with E-state index in [1.165, 1.54) is 7.11 Å². The van der Waals surface area contributed by atoms with Gasteiger partial charge in [-0.15, -0.1) is 0 Å². The first kappa shape index (κ1) is 15.0. The molecule has 112 valence electrons. The standard InChI is InChI=1S/C17H14INO3/c1-22-16(20)10-15-13-4-2-3-5-14(13)17(21)19(15)12-8-6-11(18)7-9-12/h2-9,15H,10H2,1H3. The van der Waals surface area contributed by atoms with Crippen molar-refractivity contribution in [3.8, 4) is 0 Å². The molecule has 0 aromatic heterocycles. The number of hydrogen-bond acceptors (Lipinski definition) is 3. The van der Waals surface area contributed by atoms with Crippen molar-refractivity contribution < 1.29 is 14.3 Å². The van der Waals surface area contributed by atoms with Crippen LogP contribution in [0.2, 0.25) is 0 Å². The van der Waals surface area contributed by atoms with E-state index in [2.05, 4.69) is 22.6 Å². The summed E-state index contributed by atoms with van der Waals surface area (Å²) in [4.78, 5) is 26.2. The first-order valence-corrected chi connectivity index (χ1v) is 7.94. The van der Waals surface area contributed by atoms with Crippen molar-refractivity contribution >= 4 is 40.2 Å². The van der Waals surface area contributed by atoms with Gasteiger partial charge in [0.15, 0.2) is 0 Å². The third kappa shape index (κ3) is 2.61. The van der Waals surface area contributed by atoms with Crippen molar-refractivity contribution in [2.45, 2.75) is 12.5 Å². The van der Waals surface area contributed by atoms with Crippen LogP contribution in [0.25, 0.3) is 0 Å². The fraction of sp³-hybridized carbons (Fsp3) is 0.176. The summed E-state index contributed by atoms with van der Waals surface area (Å²) in [5.74, 6) is -0.407. The number of halogens is 1. The summed E-state index contributed by atoms with van der Waals surface area (Å²) in [6, 6.07) is 14.8. The van der Waals surface area contributed by atoms with Gasteiger partial charge in [-0.1, -0.05) is 18.2 Å². The molecule has 22 heavy (non-hydrogen) atoms. The van der Waals surface area contributed by atoms with Gasteiger partial charge in [0, 0.05) is 14.8 Å². The summed E-state index contributed by atoms with van der Waals surface area (Å²) in [7, 11) is 1.36. The lowest BCUT2D eigenvalue weighted by atomic mass is 10.0. The Morgan fingerprint density at radius 1 is 1.18 bits per heavy atom. The van der Waals surface area contributed by atoms with Crippen LogP contribution >= 0.6 is 22.6 Å². The highest BCUT2D eigenvalue weighted by molar-refractivity contribution is 14.1.